The zero-order valence-electron chi connectivity index (χ0n) is 19.4. The number of hydrogen-bond donors (Lipinski definition) is 0. The number of rotatable bonds is 5. The van der Waals surface area contributed by atoms with Crippen LogP contribution in [0.5, 0.6) is 0 Å². The fourth-order valence-electron chi connectivity index (χ4n) is 4.13. The van der Waals surface area contributed by atoms with Crippen LogP contribution < -0.4 is 0 Å². The molecule has 8 heteroatoms. The quantitative estimate of drug-likeness (QED) is 0.599. The van der Waals surface area contributed by atoms with Crippen molar-refractivity contribution in [2.24, 2.45) is 0 Å². The van der Waals surface area contributed by atoms with Gasteiger partial charge in [0.25, 0.3) is 11.8 Å². The average molecular weight is 448 g/mol. The monoisotopic (exact) mass is 447 g/mol. The molecule has 1 atom stereocenters. The molecule has 0 bridgehead atoms. The summed E-state index contributed by atoms with van der Waals surface area (Å²) in [5.41, 5.74) is 1.84. The minimum absolute atomic E-state index is 0.0493. The van der Waals surface area contributed by atoms with E-state index in [9.17, 15) is 9.59 Å². The van der Waals surface area contributed by atoms with E-state index in [4.69, 9.17) is 4.74 Å². The minimum atomic E-state index is -0.569. The third-order valence-corrected chi connectivity index (χ3v) is 6.09. The largest absolute Gasteiger partial charge is 0.377 e. The third kappa shape index (κ3) is 4.66. The van der Waals surface area contributed by atoms with Gasteiger partial charge in [-0.25, -0.2) is 9.67 Å². The van der Waals surface area contributed by atoms with E-state index in [-0.39, 0.29) is 23.7 Å². The number of para-hydroxylation sites is 1. The SMILES string of the molecule is COC(C)c1cccc(C(=O)N2CCN(C(=O)c3ncn(-c4ccccc4)n3)C(C)(C)C2)c1. The second-order valence-corrected chi connectivity index (χ2v) is 8.85. The standard InChI is InChI=1S/C25H29N5O3/c1-18(33-4)19-9-8-10-20(15-19)23(31)28-13-14-29(25(2,3)16-28)24(32)22-26-17-30(27-22)21-11-6-5-7-12-21/h5-12,15,17-18H,13-14,16H2,1-4H3. The summed E-state index contributed by atoms with van der Waals surface area (Å²) >= 11 is 0. The normalized spacial score (nSPS) is 16.5. The van der Waals surface area contributed by atoms with Crippen molar-refractivity contribution >= 4 is 11.8 Å². The summed E-state index contributed by atoms with van der Waals surface area (Å²) in [6, 6.07) is 17.1. The predicted octanol–water partition coefficient (Wildman–Crippen LogP) is 3.35. The Bertz CT molecular complexity index is 1140. The number of methoxy groups -OCH3 is 1. The molecule has 8 nitrogen and oxygen atoms in total. The molecule has 3 aromatic rings. The maximum absolute atomic E-state index is 13.2. The molecule has 0 saturated carbocycles. The first-order chi connectivity index (χ1) is 15.8. The number of ether oxygens (including phenoxy) is 1. The van der Waals surface area contributed by atoms with E-state index in [1.807, 2.05) is 75.4 Å². The Balaban J connectivity index is 1.48. The van der Waals surface area contributed by atoms with Gasteiger partial charge in [0.1, 0.15) is 6.33 Å². The Morgan fingerprint density at radius 2 is 1.79 bits per heavy atom. The molecule has 0 aliphatic carbocycles. The van der Waals surface area contributed by atoms with Crippen LogP contribution in [-0.4, -0.2) is 68.7 Å². The molecule has 0 spiro atoms. The molecule has 4 rings (SSSR count). The molecule has 1 aliphatic heterocycles. The summed E-state index contributed by atoms with van der Waals surface area (Å²) in [6.07, 6.45) is 1.45. The van der Waals surface area contributed by atoms with Crippen molar-refractivity contribution in [2.75, 3.05) is 26.7 Å². The molecule has 1 fully saturated rings. The molecule has 33 heavy (non-hydrogen) atoms. The maximum atomic E-state index is 13.2. The van der Waals surface area contributed by atoms with Crippen molar-refractivity contribution in [3.8, 4) is 5.69 Å². The lowest BCUT2D eigenvalue weighted by molar-refractivity contribution is 0.0160. The van der Waals surface area contributed by atoms with Crippen molar-refractivity contribution in [1.29, 1.82) is 0 Å². The van der Waals surface area contributed by atoms with Gasteiger partial charge in [-0.2, -0.15) is 0 Å². The van der Waals surface area contributed by atoms with Crippen molar-refractivity contribution in [2.45, 2.75) is 32.4 Å². The molecule has 1 saturated heterocycles. The summed E-state index contributed by atoms with van der Waals surface area (Å²) < 4.78 is 6.97. The van der Waals surface area contributed by atoms with Crippen LogP contribution in [0.4, 0.5) is 0 Å². The molecule has 2 amide bonds. The number of carbonyl (C=O) groups is 2. The summed E-state index contributed by atoms with van der Waals surface area (Å²) in [7, 11) is 1.65. The zero-order chi connectivity index (χ0) is 23.6. The lowest BCUT2D eigenvalue weighted by Gasteiger charge is -2.46. The smallest absolute Gasteiger partial charge is 0.294 e. The third-order valence-electron chi connectivity index (χ3n) is 6.09. The molecule has 0 N–H and O–H groups in total. The first kappa shape index (κ1) is 22.7. The number of nitrogens with zero attached hydrogens (tertiary/aromatic N) is 5. The van der Waals surface area contributed by atoms with E-state index in [0.717, 1.165) is 11.3 Å². The van der Waals surface area contributed by atoms with E-state index in [2.05, 4.69) is 10.1 Å². The van der Waals surface area contributed by atoms with Gasteiger partial charge >= 0.3 is 0 Å². The van der Waals surface area contributed by atoms with E-state index in [0.29, 0.717) is 25.2 Å². The fourth-order valence-corrected chi connectivity index (χ4v) is 4.13. The van der Waals surface area contributed by atoms with Crippen LogP contribution in [0.15, 0.2) is 60.9 Å². The Morgan fingerprint density at radius 1 is 1.03 bits per heavy atom. The Kier molecular flexibility index (Phi) is 6.29. The van der Waals surface area contributed by atoms with Gasteiger partial charge in [-0.1, -0.05) is 30.3 Å². The number of amides is 2. The molecule has 2 aromatic carbocycles. The molecular formula is C25H29N5O3. The van der Waals surface area contributed by atoms with Crippen molar-refractivity contribution in [1.82, 2.24) is 24.6 Å². The van der Waals surface area contributed by atoms with Gasteiger partial charge in [0, 0.05) is 32.3 Å². The highest BCUT2D eigenvalue weighted by Crippen LogP contribution is 2.25. The maximum Gasteiger partial charge on any atom is 0.294 e. The highest BCUT2D eigenvalue weighted by Gasteiger charge is 2.40. The summed E-state index contributed by atoms with van der Waals surface area (Å²) in [5, 5.41) is 4.38. The lowest BCUT2D eigenvalue weighted by atomic mass is 9.97. The van der Waals surface area contributed by atoms with E-state index >= 15 is 0 Å². The van der Waals surface area contributed by atoms with Crippen LogP contribution in [0.3, 0.4) is 0 Å². The van der Waals surface area contributed by atoms with Gasteiger partial charge in [-0.15, -0.1) is 5.10 Å². The van der Waals surface area contributed by atoms with Gasteiger partial charge in [0.15, 0.2) is 0 Å². The van der Waals surface area contributed by atoms with Gasteiger partial charge in [-0.05, 0) is 50.6 Å². The van der Waals surface area contributed by atoms with Gasteiger partial charge < -0.3 is 14.5 Å². The number of aromatic nitrogens is 3. The molecule has 1 aliphatic rings. The summed E-state index contributed by atoms with van der Waals surface area (Å²) in [4.78, 5) is 34.2. The van der Waals surface area contributed by atoms with Crippen LogP contribution in [0.1, 0.15) is 53.4 Å². The number of piperazine rings is 1. The van der Waals surface area contributed by atoms with Crippen LogP contribution in [0.2, 0.25) is 0 Å². The van der Waals surface area contributed by atoms with Crippen molar-refractivity contribution in [3.63, 3.8) is 0 Å². The highest BCUT2D eigenvalue weighted by atomic mass is 16.5. The highest BCUT2D eigenvalue weighted by molar-refractivity contribution is 5.95. The van der Waals surface area contributed by atoms with Crippen LogP contribution in [-0.2, 0) is 4.74 Å². The fraction of sp³-hybridized carbons (Fsp3) is 0.360. The summed E-state index contributed by atoms with van der Waals surface area (Å²) in [5.74, 6) is -0.141. The number of carbonyl (C=O) groups excluding carboxylic acids is 2. The molecule has 172 valence electrons. The second kappa shape index (κ2) is 9.15. The first-order valence-corrected chi connectivity index (χ1v) is 11.0. The zero-order valence-corrected chi connectivity index (χ0v) is 19.4. The van der Waals surface area contributed by atoms with Gasteiger partial charge in [-0.3, -0.25) is 9.59 Å². The van der Waals surface area contributed by atoms with Crippen molar-refractivity contribution < 1.29 is 14.3 Å². The van der Waals surface area contributed by atoms with Crippen LogP contribution in [0.25, 0.3) is 5.69 Å². The molecular weight excluding hydrogens is 418 g/mol. The topological polar surface area (TPSA) is 80.6 Å². The molecule has 2 heterocycles. The lowest BCUT2D eigenvalue weighted by Crippen LogP contribution is -2.62. The Labute approximate surface area is 193 Å². The van der Waals surface area contributed by atoms with Crippen LogP contribution >= 0.6 is 0 Å². The van der Waals surface area contributed by atoms with Crippen molar-refractivity contribution in [3.05, 3.63) is 77.9 Å². The predicted molar refractivity (Wildman–Crippen MR) is 124 cm³/mol. The van der Waals surface area contributed by atoms with E-state index in [1.165, 1.54) is 0 Å². The Morgan fingerprint density at radius 3 is 2.48 bits per heavy atom. The van der Waals surface area contributed by atoms with Crippen LogP contribution in [0, 0.1) is 0 Å². The molecule has 1 unspecified atom stereocenters. The second-order valence-electron chi connectivity index (χ2n) is 8.85. The molecule has 0 radical (unpaired) electrons. The van der Waals surface area contributed by atoms with Gasteiger partial charge in [0.05, 0.1) is 17.3 Å². The molecule has 1 aromatic heterocycles. The Hall–Kier alpha value is -3.52. The minimum Gasteiger partial charge on any atom is -0.377 e. The number of hydrogen-bond acceptors (Lipinski definition) is 5. The van der Waals surface area contributed by atoms with E-state index < -0.39 is 5.54 Å². The summed E-state index contributed by atoms with van der Waals surface area (Å²) in [6.45, 7) is 7.14. The van der Waals surface area contributed by atoms with Gasteiger partial charge in [0.2, 0.25) is 5.82 Å². The average Bonchev–Trinajstić information content (AvgIpc) is 3.33. The number of benzene rings is 2. The van der Waals surface area contributed by atoms with E-state index in [1.54, 1.807) is 27.9 Å². The first-order valence-electron chi connectivity index (χ1n) is 11.0.